The van der Waals surface area contributed by atoms with Crippen LogP contribution in [0.4, 0.5) is 17.1 Å². The lowest BCUT2D eigenvalue weighted by molar-refractivity contribution is -0.384. The first-order chi connectivity index (χ1) is 9.73. The van der Waals surface area contributed by atoms with Gasteiger partial charge in [-0.3, -0.25) is 19.7 Å². The number of Topliss-reactive ketones (excluding diaryl/α,β-unsaturated/α-hetero) is 1. The number of primary amides is 1. The molecular weight excluding hydrogens is 276 g/mol. The van der Waals surface area contributed by atoms with E-state index in [2.05, 4.69) is 10.6 Å². The van der Waals surface area contributed by atoms with E-state index in [0.717, 1.165) is 0 Å². The minimum Gasteiger partial charge on any atom is -0.364 e. The van der Waals surface area contributed by atoms with Crippen LogP contribution >= 0.6 is 0 Å². The number of nitrogens with one attached hydrogen (secondary N) is 2. The topological polar surface area (TPSA) is 127 Å². The average Bonchev–Trinajstić information content (AvgIpc) is 2.38. The lowest BCUT2D eigenvalue weighted by atomic mass is 10.0. The summed E-state index contributed by atoms with van der Waals surface area (Å²) in [5.41, 5.74) is 6.57. The van der Waals surface area contributed by atoms with Crippen molar-refractivity contribution in [2.45, 2.75) is 20.8 Å². The standard InChI is InChI=1S/C13H14N4O4/c1-5-4-8-10(12(6(5)2)17(20)21)16-9(7(3)18)11(15-8)13(14)19/h4,15-16H,1-3H3,(H2,14,19). The van der Waals surface area contributed by atoms with E-state index < -0.39 is 16.6 Å². The number of hydrogen-bond donors (Lipinski definition) is 3. The largest absolute Gasteiger partial charge is 0.364 e. The van der Waals surface area contributed by atoms with E-state index in [-0.39, 0.29) is 22.8 Å². The Labute approximate surface area is 120 Å². The molecule has 0 spiro atoms. The van der Waals surface area contributed by atoms with Crippen LogP contribution in [0, 0.1) is 24.0 Å². The Morgan fingerprint density at radius 2 is 1.86 bits per heavy atom. The molecule has 1 aromatic rings. The van der Waals surface area contributed by atoms with Crippen LogP contribution < -0.4 is 16.4 Å². The number of amides is 1. The molecule has 2 rings (SSSR count). The Morgan fingerprint density at radius 1 is 1.24 bits per heavy atom. The molecule has 1 amide bonds. The molecule has 0 saturated carbocycles. The van der Waals surface area contributed by atoms with Crippen LogP contribution in [-0.2, 0) is 9.59 Å². The molecule has 0 bridgehead atoms. The van der Waals surface area contributed by atoms with Gasteiger partial charge < -0.3 is 16.4 Å². The number of carbonyl (C=O) groups is 2. The summed E-state index contributed by atoms with van der Waals surface area (Å²) in [4.78, 5) is 33.8. The first-order valence-electron chi connectivity index (χ1n) is 6.11. The molecule has 0 aromatic heterocycles. The van der Waals surface area contributed by atoms with Crippen molar-refractivity contribution in [1.82, 2.24) is 0 Å². The highest BCUT2D eigenvalue weighted by Crippen LogP contribution is 2.41. The van der Waals surface area contributed by atoms with E-state index >= 15 is 0 Å². The maximum Gasteiger partial charge on any atom is 0.297 e. The number of fused-ring (bicyclic) bond motifs is 1. The summed E-state index contributed by atoms with van der Waals surface area (Å²) in [5, 5.41) is 16.7. The number of nitrogens with zero attached hydrogens (tertiary/aromatic N) is 1. The second-order valence-electron chi connectivity index (χ2n) is 4.77. The summed E-state index contributed by atoms with van der Waals surface area (Å²) in [6.07, 6.45) is 0. The minimum atomic E-state index is -0.820. The van der Waals surface area contributed by atoms with Crippen molar-refractivity contribution in [3.05, 3.63) is 38.7 Å². The Bertz CT molecular complexity index is 721. The lowest BCUT2D eigenvalue weighted by Crippen LogP contribution is -2.30. The van der Waals surface area contributed by atoms with Gasteiger partial charge in [-0.1, -0.05) is 0 Å². The molecule has 1 aliphatic heterocycles. The van der Waals surface area contributed by atoms with Gasteiger partial charge in [-0.25, -0.2) is 0 Å². The van der Waals surface area contributed by atoms with Crippen molar-refractivity contribution in [3.63, 3.8) is 0 Å². The van der Waals surface area contributed by atoms with Crippen molar-refractivity contribution in [2.24, 2.45) is 5.73 Å². The number of aryl methyl sites for hydroxylation is 1. The predicted octanol–water partition coefficient (Wildman–Crippen LogP) is 1.33. The van der Waals surface area contributed by atoms with E-state index in [9.17, 15) is 19.7 Å². The van der Waals surface area contributed by atoms with Crippen LogP contribution in [0.15, 0.2) is 17.5 Å². The lowest BCUT2D eigenvalue weighted by Gasteiger charge is -2.24. The van der Waals surface area contributed by atoms with Gasteiger partial charge in [-0.2, -0.15) is 0 Å². The van der Waals surface area contributed by atoms with Crippen molar-refractivity contribution < 1.29 is 14.5 Å². The molecule has 0 unspecified atom stereocenters. The van der Waals surface area contributed by atoms with E-state index in [4.69, 9.17) is 5.73 Å². The maximum absolute atomic E-state index is 11.6. The minimum absolute atomic E-state index is 0.0821. The molecule has 1 heterocycles. The molecule has 4 N–H and O–H groups in total. The van der Waals surface area contributed by atoms with Gasteiger partial charge >= 0.3 is 0 Å². The highest BCUT2D eigenvalue weighted by atomic mass is 16.6. The third-order valence-electron chi connectivity index (χ3n) is 3.35. The Balaban J connectivity index is 2.71. The molecule has 0 saturated heterocycles. The van der Waals surface area contributed by atoms with Crippen molar-refractivity contribution in [3.8, 4) is 0 Å². The van der Waals surface area contributed by atoms with Crippen LogP contribution in [0.2, 0.25) is 0 Å². The number of anilines is 2. The van der Waals surface area contributed by atoms with Crippen LogP contribution in [0.5, 0.6) is 0 Å². The molecule has 1 aliphatic rings. The van der Waals surface area contributed by atoms with E-state index in [0.29, 0.717) is 16.8 Å². The molecule has 0 atom stereocenters. The summed E-state index contributed by atoms with van der Waals surface area (Å²) in [6, 6.07) is 1.66. The molecule has 0 radical (unpaired) electrons. The van der Waals surface area contributed by atoms with Crippen LogP contribution in [0.3, 0.4) is 0 Å². The van der Waals surface area contributed by atoms with Gasteiger partial charge in [-0.15, -0.1) is 0 Å². The Kier molecular flexibility index (Phi) is 3.38. The summed E-state index contributed by atoms with van der Waals surface area (Å²) in [5.74, 6) is -1.27. The fraction of sp³-hybridized carbons (Fsp3) is 0.231. The molecular formula is C13H14N4O4. The number of nitro benzene ring substituents is 1. The normalized spacial score (nSPS) is 13.1. The summed E-state index contributed by atoms with van der Waals surface area (Å²) in [6.45, 7) is 4.58. The SMILES string of the molecule is CC(=O)C1=C(C(N)=O)Nc2cc(C)c(C)c([N+](=O)[O-])c2N1. The molecule has 8 heteroatoms. The number of nitrogens with two attached hydrogens (primary N) is 1. The van der Waals surface area contributed by atoms with Gasteiger partial charge in [0, 0.05) is 12.5 Å². The highest BCUT2D eigenvalue weighted by Gasteiger charge is 2.31. The van der Waals surface area contributed by atoms with E-state index in [1.807, 2.05) is 0 Å². The Hall–Kier alpha value is -2.90. The van der Waals surface area contributed by atoms with Gasteiger partial charge in [0.05, 0.1) is 10.6 Å². The smallest absolute Gasteiger partial charge is 0.297 e. The Morgan fingerprint density at radius 3 is 2.33 bits per heavy atom. The third kappa shape index (κ3) is 2.31. The van der Waals surface area contributed by atoms with Crippen LogP contribution in [0.25, 0.3) is 0 Å². The number of hydrogen-bond acceptors (Lipinski definition) is 6. The molecule has 110 valence electrons. The van der Waals surface area contributed by atoms with Crippen LogP contribution in [0.1, 0.15) is 18.1 Å². The summed E-state index contributed by atoms with van der Waals surface area (Å²) < 4.78 is 0. The molecule has 0 aliphatic carbocycles. The average molecular weight is 290 g/mol. The molecule has 21 heavy (non-hydrogen) atoms. The van der Waals surface area contributed by atoms with Gasteiger partial charge in [0.2, 0.25) is 0 Å². The predicted molar refractivity (Wildman–Crippen MR) is 76.7 cm³/mol. The fourth-order valence-electron chi connectivity index (χ4n) is 2.19. The number of ketones is 1. The van der Waals surface area contributed by atoms with Crippen molar-refractivity contribution in [1.29, 1.82) is 0 Å². The number of nitro groups is 1. The monoisotopic (exact) mass is 290 g/mol. The second kappa shape index (κ2) is 4.89. The van der Waals surface area contributed by atoms with Crippen molar-refractivity contribution >= 4 is 28.8 Å². The first-order valence-corrected chi connectivity index (χ1v) is 6.11. The highest BCUT2D eigenvalue weighted by molar-refractivity contribution is 6.11. The number of benzene rings is 1. The van der Waals surface area contributed by atoms with Gasteiger partial charge in [-0.05, 0) is 25.5 Å². The number of allylic oxidation sites excluding steroid dienone is 1. The van der Waals surface area contributed by atoms with Gasteiger partial charge in [0.15, 0.2) is 5.78 Å². The van der Waals surface area contributed by atoms with E-state index in [1.165, 1.54) is 6.92 Å². The summed E-state index contributed by atoms with van der Waals surface area (Å²) in [7, 11) is 0. The second-order valence-corrected chi connectivity index (χ2v) is 4.77. The first kappa shape index (κ1) is 14.5. The molecule has 8 nitrogen and oxygen atoms in total. The molecule has 1 aromatic carbocycles. The van der Waals surface area contributed by atoms with E-state index in [1.54, 1.807) is 19.9 Å². The zero-order valence-corrected chi connectivity index (χ0v) is 11.7. The summed E-state index contributed by atoms with van der Waals surface area (Å²) >= 11 is 0. The van der Waals surface area contributed by atoms with Gasteiger partial charge in [0.1, 0.15) is 17.1 Å². The van der Waals surface area contributed by atoms with Crippen molar-refractivity contribution in [2.75, 3.05) is 10.6 Å². The van der Waals surface area contributed by atoms with Gasteiger partial charge in [0.25, 0.3) is 11.6 Å². The number of rotatable bonds is 3. The third-order valence-corrected chi connectivity index (χ3v) is 3.35. The zero-order valence-electron chi connectivity index (χ0n) is 11.7. The quantitative estimate of drug-likeness (QED) is 0.569. The maximum atomic E-state index is 11.6. The van der Waals surface area contributed by atoms with Crippen LogP contribution in [-0.4, -0.2) is 16.6 Å². The molecule has 0 fully saturated rings. The number of carbonyl (C=O) groups excluding carboxylic acids is 2. The fourth-order valence-corrected chi connectivity index (χ4v) is 2.19. The zero-order chi connectivity index (χ0) is 15.9.